The van der Waals surface area contributed by atoms with Crippen molar-refractivity contribution in [3.8, 4) is 0 Å². The van der Waals surface area contributed by atoms with Gasteiger partial charge in [-0.25, -0.2) is 0 Å². The van der Waals surface area contributed by atoms with Crippen LogP contribution in [0.4, 0.5) is 0 Å². The Labute approximate surface area is 105 Å². The maximum absolute atomic E-state index is 10.3. The normalized spacial score (nSPS) is 23.4. The molecule has 0 aromatic rings. The summed E-state index contributed by atoms with van der Waals surface area (Å²) >= 11 is 0. The third kappa shape index (κ3) is 4.41. The molecule has 3 nitrogen and oxygen atoms in total. The third-order valence-corrected chi connectivity index (χ3v) is 3.11. The molecule has 3 heteroatoms. The van der Waals surface area contributed by atoms with E-state index in [0.717, 1.165) is 24.8 Å². The molecule has 0 fully saturated rings. The zero-order chi connectivity index (χ0) is 12.9. The highest BCUT2D eigenvalue weighted by atomic mass is 16.7. The van der Waals surface area contributed by atoms with E-state index in [-0.39, 0.29) is 11.5 Å². The minimum Gasteiger partial charge on any atom is -0.388 e. The van der Waals surface area contributed by atoms with Gasteiger partial charge in [0.25, 0.3) is 0 Å². The van der Waals surface area contributed by atoms with Crippen LogP contribution in [-0.2, 0) is 9.47 Å². The van der Waals surface area contributed by atoms with Crippen molar-refractivity contribution >= 4 is 0 Å². The van der Waals surface area contributed by atoms with Crippen molar-refractivity contribution in [1.82, 2.24) is 0 Å². The van der Waals surface area contributed by atoms with Crippen LogP contribution in [0.5, 0.6) is 0 Å². The summed E-state index contributed by atoms with van der Waals surface area (Å²) in [7, 11) is 0. The van der Waals surface area contributed by atoms with Crippen molar-refractivity contribution in [2.45, 2.75) is 59.2 Å². The molecule has 0 heterocycles. The monoisotopic (exact) mass is 242 g/mol. The first kappa shape index (κ1) is 14.7. The van der Waals surface area contributed by atoms with Crippen LogP contribution in [0.15, 0.2) is 11.6 Å². The molecule has 2 atom stereocenters. The van der Waals surface area contributed by atoms with Gasteiger partial charge in [-0.3, -0.25) is 0 Å². The molecule has 0 unspecified atom stereocenters. The predicted octanol–water partition coefficient (Wildman–Crippen LogP) is 2.88. The van der Waals surface area contributed by atoms with Crippen molar-refractivity contribution in [2.75, 3.05) is 13.4 Å². The summed E-state index contributed by atoms with van der Waals surface area (Å²) < 4.78 is 10.9. The van der Waals surface area contributed by atoms with Gasteiger partial charge in [-0.05, 0) is 37.2 Å². The van der Waals surface area contributed by atoms with Crippen LogP contribution in [0.2, 0.25) is 0 Å². The molecule has 0 aromatic carbocycles. The summed E-state index contributed by atoms with van der Waals surface area (Å²) in [6.07, 6.45) is 4.86. The SMILES string of the molecule is CCOCO[C@H]1CCCC=C1[C@H](O)C(C)(C)C. The van der Waals surface area contributed by atoms with Crippen LogP contribution in [-0.4, -0.2) is 30.7 Å². The van der Waals surface area contributed by atoms with E-state index in [1.807, 2.05) is 27.7 Å². The molecule has 0 radical (unpaired) electrons. The molecule has 0 saturated carbocycles. The lowest BCUT2D eigenvalue weighted by Crippen LogP contribution is -2.36. The Bertz CT molecular complexity index is 253. The Hall–Kier alpha value is -0.380. The van der Waals surface area contributed by atoms with E-state index in [2.05, 4.69) is 6.08 Å². The maximum atomic E-state index is 10.3. The Kier molecular flexibility index (Phi) is 5.63. The van der Waals surface area contributed by atoms with E-state index in [1.54, 1.807) is 0 Å². The number of allylic oxidation sites excluding steroid dienone is 1. The lowest BCUT2D eigenvalue weighted by atomic mass is 9.79. The molecular weight excluding hydrogens is 216 g/mol. The lowest BCUT2D eigenvalue weighted by Gasteiger charge is -2.34. The summed E-state index contributed by atoms with van der Waals surface area (Å²) in [5.74, 6) is 0. The number of aliphatic hydroxyl groups is 1. The molecule has 1 aliphatic rings. The predicted molar refractivity (Wildman–Crippen MR) is 68.8 cm³/mol. The zero-order valence-corrected chi connectivity index (χ0v) is 11.5. The Balaban J connectivity index is 2.62. The molecule has 0 spiro atoms. The smallest absolute Gasteiger partial charge is 0.147 e. The van der Waals surface area contributed by atoms with Crippen LogP contribution < -0.4 is 0 Å². The summed E-state index contributed by atoms with van der Waals surface area (Å²) in [6, 6.07) is 0. The van der Waals surface area contributed by atoms with Gasteiger partial charge in [0.1, 0.15) is 6.79 Å². The van der Waals surface area contributed by atoms with Gasteiger partial charge in [-0.15, -0.1) is 0 Å². The molecule has 0 aromatic heterocycles. The van der Waals surface area contributed by atoms with Gasteiger partial charge in [0.15, 0.2) is 0 Å². The van der Waals surface area contributed by atoms with Gasteiger partial charge in [0.2, 0.25) is 0 Å². The van der Waals surface area contributed by atoms with Gasteiger partial charge < -0.3 is 14.6 Å². The van der Waals surface area contributed by atoms with E-state index < -0.39 is 6.10 Å². The van der Waals surface area contributed by atoms with E-state index in [1.165, 1.54) is 0 Å². The van der Waals surface area contributed by atoms with Crippen LogP contribution >= 0.6 is 0 Å². The van der Waals surface area contributed by atoms with Gasteiger partial charge in [0, 0.05) is 6.61 Å². The molecule has 1 rings (SSSR count). The fraction of sp³-hybridized carbons (Fsp3) is 0.857. The van der Waals surface area contributed by atoms with Gasteiger partial charge in [-0.2, -0.15) is 0 Å². The minimum absolute atomic E-state index is 0.0181. The molecule has 100 valence electrons. The van der Waals surface area contributed by atoms with Crippen LogP contribution in [0.25, 0.3) is 0 Å². The molecule has 0 amide bonds. The topological polar surface area (TPSA) is 38.7 Å². The van der Waals surface area contributed by atoms with E-state index in [4.69, 9.17) is 9.47 Å². The summed E-state index contributed by atoms with van der Waals surface area (Å²) in [5, 5.41) is 10.3. The highest BCUT2D eigenvalue weighted by molar-refractivity contribution is 5.18. The average molecular weight is 242 g/mol. The molecule has 1 aliphatic carbocycles. The lowest BCUT2D eigenvalue weighted by molar-refractivity contribution is -0.0865. The first-order chi connectivity index (χ1) is 7.96. The highest BCUT2D eigenvalue weighted by Crippen LogP contribution is 2.32. The highest BCUT2D eigenvalue weighted by Gasteiger charge is 2.31. The second kappa shape index (κ2) is 6.53. The second-order valence-corrected chi connectivity index (χ2v) is 5.67. The van der Waals surface area contributed by atoms with E-state index >= 15 is 0 Å². The summed E-state index contributed by atoms with van der Waals surface area (Å²) in [5.41, 5.74) is 0.889. The molecular formula is C14H26O3. The average Bonchev–Trinajstić information content (AvgIpc) is 2.28. The number of aliphatic hydroxyl groups excluding tert-OH is 1. The quantitative estimate of drug-likeness (QED) is 0.458. The fourth-order valence-corrected chi connectivity index (χ4v) is 2.05. The van der Waals surface area contributed by atoms with Crippen LogP contribution in [0.1, 0.15) is 47.0 Å². The molecule has 0 saturated heterocycles. The molecule has 1 N–H and O–H groups in total. The first-order valence-corrected chi connectivity index (χ1v) is 6.54. The van der Waals surface area contributed by atoms with Crippen molar-refractivity contribution in [1.29, 1.82) is 0 Å². The van der Waals surface area contributed by atoms with Gasteiger partial charge >= 0.3 is 0 Å². The maximum Gasteiger partial charge on any atom is 0.147 e. The number of hydrogen-bond donors (Lipinski definition) is 1. The van der Waals surface area contributed by atoms with Crippen molar-refractivity contribution in [3.05, 3.63) is 11.6 Å². The van der Waals surface area contributed by atoms with Crippen LogP contribution in [0, 0.1) is 5.41 Å². The van der Waals surface area contributed by atoms with Gasteiger partial charge in [-0.1, -0.05) is 26.8 Å². The molecule has 17 heavy (non-hydrogen) atoms. The molecule has 0 bridgehead atoms. The number of ether oxygens (including phenoxy) is 2. The van der Waals surface area contributed by atoms with E-state index in [0.29, 0.717) is 13.4 Å². The first-order valence-electron chi connectivity index (χ1n) is 6.54. The van der Waals surface area contributed by atoms with Crippen molar-refractivity contribution in [3.63, 3.8) is 0 Å². The summed E-state index contributed by atoms with van der Waals surface area (Å²) in [6.45, 7) is 9.07. The second-order valence-electron chi connectivity index (χ2n) is 5.67. The Morgan fingerprint density at radius 3 is 2.76 bits per heavy atom. The standard InChI is InChI=1S/C14H26O3/c1-5-16-10-17-12-9-7-6-8-11(12)13(15)14(2,3)4/h8,12-13,15H,5-7,9-10H2,1-4H3/t12-,13-/m0/s1. The minimum atomic E-state index is -0.436. The number of rotatable bonds is 5. The Morgan fingerprint density at radius 2 is 2.18 bits per heavy atom. The number of hydrogen-bond acceptors (Lipinski definition) is 3. The fourth-order valence-electron chi connectivity index (χ4n) is 2.05. The van der Waals surface area contributed by atoms with Crippen molar-refractivity contribution < 1.29 is 14.6 Å². The van der Waals surface area contributed by atoms with E-state index in [9.17, 15) is 5.11 Å². The van der Waals surface area contributed by atoms with Crippen LogP contribution in [0.3, 0.4) is 0 Å². The molecule has 0 aliphatic heterocycles. The summed E-state index contributed by atoms with van der Waals surface area (Å²) in [4.78, 5) is 0. The largest absolute Gasteiger partial charge is 0.388 e. The Morgan fingerprint density at radius 1 is 1.47 bits per heavy atom. The van der Waals surface area contributed by atoms with Gasteiger partial charge in [0.05, 0.1) is 12.2 Å². The van der Waals surface area contributed by atoms with Crippen molar-refractivity contribution in [2.24, 2.45) is 5.41 Å². The third-order valence-electron chi connectivity index (χ3n) is 3.11. The zero-order valence-electron chi connectivity index (χ0n) is 11.5.